The van der Waals surface area contributed by atoms with Crippen LogP contribution in [0.1, 0.15) is 5.56 Å². The van der Waals surface area contributed by atoms with Crippen LogP contribution in [0.4, 0.5) is 18.9 Å². The highest BCUT2D eigenvalue weighted by Gasteiger charge is 2.65. The zero-order chi connectivity index (χ0) is 12.0. The molecule has 0 spiro atoms. The van der Waals surface area contributed by atoms with Gasteiger partial charge in [-0.05, 0) is 12.1 Å². The van der Waals surface area contributed by atoms with Crippen LogP contribution < -0.4 is 16.1 Å². The molecule has 0 atom stereocenters. The second kappa shape index (κ2) is 3.32. The van der Waals surface area contributed by atoms with Crippen LogP contribution in [0.5, 0.6) is 0 Å². The number of nitrogens with zero attached hydrogens (tertiary/aromatic N) is 1. The first-order valence-corrected chi connectivity index (χ1v) is 4.24. The van der Waals surface area contributed by atoms with Crippen LogP contribution in [0.15, 0.2) is 24.3 Å². The maximum atomic E-state index is 12.6. The SMILES string of the molecule is [O-]N(O)c1cccc(C2(C(F)(F)F)NN2)c1. The lowest BCUT2D eigenvalue weighted by Gasteiger charge is -2.23. The monoisotopic (exact) mass is 234 g/mol. The van der Waals surface area contributed by atoms with Gasteiger partial charge in [-0.2, -0.15) is 13.2 Å². The largest absolute Gasteiger partial charge is 0.733 e. The summed E-state index contributed by atoms with van der Waals surface area (Å²) in [6.07, 6.45) is -4.53. The fourth-order valence-electron chi connectivity index (χ4n) is 1.37. The number of hydrogen-bond acceptors (Lipinski definition) is 5. The lowest BCUT2D eigenvalue weighted by atomic mass is 10.0. The summed E-state index contributed by atoms with van der Waals surface area (Å²) in [5, 5.41) is 18.6. The van der Waals surface area contributed by atoms with E-state index in [1.807, 2.05) is 10.9 Å². The molecule has 1 saturated heterocycles. The van der Waals surface area contributed by atoms with Crippen LogP contribution in [0.3, 0.4) is 0 Å². The molecule has 0 saturated carbocycles. The molecule has 1 aliphatic rings. The van der Waals surface area contributed by atoms with E-state index < -0.39 is 17.1 Å². The summed E-state index contributed by atoms with van der Waals surface area (Å²) in [6, 6.07) is 4.60. The minimum absolute atomic E-state index is 0.188. The van der Waals surface area contributed by atoms with Crippen molar-refractivity contribution in [3.63, 3.8) is 0 Å². The van der Waals surface area contributed by atoms with Gasteiger partial charge in [0.15, 0.2) is 0 Å². The second-order valence-corrected chi connectivity index (χ2v) is 3.32. The Bertz CT molecular complexity index is 404. The van der Waals surface area contributed by atoms with E-state index in [0.717, 1.165) is 6.07 Å². The van der Waals surface area contributed by atoms with Crippen LogP contribution in [0.25, 0.3) is 0 Å². The molecule has 1 aliphatic heterocycles. The van der Waals surface area contributed by atoms with Gasteiger partial charge in [-0.3, -0.25) is 5.21 Å². The fourth-order valence-corrected chi connectivity index (χ4v) is 1.37. The summed E-state index contributed by atoms with van der Waals surface area (Å²) >= 11 is 0. The molecule has 1 fully saturated rings. The van der Waals surface area contributed by atoms with Crippen LogP contribution in [-0.4, -0.2) is 11.4 Å². The zero-order valence-corrected chi connectivity index (χ0v) is 7.75. The number of benzene rings is 1. The Labute approximate surface area is 88.0 Å². The normalized spacial score (nSPS) is 18.3. The van der Waals surface area contributed by atoms with Crippen molar-refractivity contribution in [1.29, 1.82) is 0 Å². The van der Waals surface area contributed by atoms with Crippen LogP contribution in [0.2, 0.25) is 0 Å². The van der Waals surface area contributed by atoms with Gasteiger partial charge < -0.3 is 10.4 Å². The van der Waals surface area contributed by atoms with Gasteiger partial charge in [0, 0.05) is 5.56 Å². The van der Waals surface area contributed by atoms with Crippen LogP contribution in [-0.2, 0) is 5.66 Å². The van der Waals surface area contributed by atoms with Crippen molar-refractivity contribution in [3.05, 3.63) is 35.0 Å². The number of nitrogens with one attached hydrogen (secondary N) is 2. The lowest BCUT2D eigenvalue weighted by molar-refractivity contribution is -0.165. The van der Waals surface area contributed by atoms with Gasteiger partial charge in [0.2, 0.25) is 5.66 Å². The van der Waals surface area contributed by atoms with Crippen LogP contribution in [0, 0.1) is 5.21 Å². The van der Waals surface area contributed by atoms with E-state index in [-0.39, 0.29) is 11.3 Å². The molecule has 1 aromatic rings. The Morgan fingerprint density at radius 1 is 1.31 bits per heavy atom. The van der Waals surface area contributed by atoms with E-state index in [9.17, 15) is 18.4 Å². The predicted octanol–water partition coefficient (Wildman–Crippen LogP) is 1.20. The first kappa shape index (κ1) is 11.1. The standard InChI is InChI=1S/C8H7F3N3O2/c9-8(10,11)7(12-13-7)5-2-1-3-6(4-5)14(15)16/h1-4,12-13,15H/q-1. The third-order valence-corrected chi connectivity index (χ3v) is 2.30. The van der Waals surface area contributed by atoms with E-state index in [0.29, 0.717) is 0 Å². The molecular formula is C8H7F3N3O2-. The number of alkyl halides is 3. The van der Waals surface area contributed by atoms with Crippen molar-refractivity contribution in [3.8, 4) is 0 Å². The number of halogens is 3. The molecular weight excluding hydrogens is 227 g/mol. The first-order valence-electron chi connectivity index (χ1n) is 4.24. The summed E-state index contributed by atoms with van der Waals surface area (Å²) in [6.45, 7) is 0. The molecule has 1 heterocycles. The number of anilines is 1. The summed E-state index contributed by atoms with van der Waals surface area (Å²) in [7, 11) is 0. The maximum absolute atomic E-state index is 12.6. The molecule has 0 amide bonds. The fraction of sp³-hybridized carbons (Fsp3) is 0.250. The Kier molecular flexibility index (Phi) is 2.31. The quantitative estimate of drug-likeness (QED) is 0.528. The highest BCUT2D eigenvalue weighted by atomic mass is 19.4. The highest BCUT2D eigenvalue weighted by molar-refractivity contribution is 5.49. The van der Waals surface area contributed by atoms with Gasteiger partial charge in [0.05, 0.1) is 5.69 Å². The van der Waals surface area contributed by atoms with Crippen molar-refractivity contribution < 1.29 is 18.4 Å². The molecule has 88 valence electrons. The third-order valence-electron chi connectivity index (χ3n) is 2.30. The lowest BCUT2D eigenvalue weighted by Crippen LogP contribution is -2.34. The minimum Gasteiger partial charge on any atom is -0.733 e. The Morgan fingerprint density at radius 2 is 1.94 bits per heavy atom. The summed E-state index contributed by atoms with van der Waals surface area (Å²) in [5.41, 5.74) is 1.21. The molecule has 16 heavy (non-hydrogen) atoms. The second-order valence-electron chi connectivity index (χ2n) is 3.32. The van der Waals surface area contributed by atoms with Crippen molar-refractivity contribution in [2.75, 3.05) is 5.23 Å². The van der Waals surface area contributed by atoms with Gasteiger partial charge in [0.1, 0.15) is 0 Å². The molecule has 8 heteroatoms. The van der Waals surface area contributed by atoms with E-state index in [1.54, 1.807) is 0 Å². The molecule has 0 radical (unpaired) electrons. The zero-order valence-electron chi connectivity index (χ0n) is 7.75. The maximum Gasteiger partial charge on any atom is 0.426 e. The molecule has 0 aliphatic carbocycles. The summed E-state index contributed by atoms with van der Waals surface area (Å²) < 4.78 is 37.9. The summed E-state index contributed by atoms with van der Waals surface area (Å²) in [4.78, 5) is 0. The average molecular weight is 234 g/mol. The van der Waals surface area contributed by atoms with Gasteiger partial charge in [-0.25, -0.2) is 10.9 Å². The molecule has 0 aromatic heterocycles. The van der Waals surface area contributed by atoms with Crippen molar-refractivity contribution in [1.82, 2.24) is 10.9 Å². The Balaban J connectivity index is 2.38. The van der Waals surface area contributed by atoms with E-state index in [1.165, 1.54) is 18.2 Å². The van der Waals surface area contributed by atoms with Gasteiger partial charge in [-0.1, -0.05) is 12.1 Å². The molecule has 2 rings (SSSR count). The Hall–Kier alpha value is -1.35. The third kappa shape index (κ3) is 1.61. The Morgan fingerprint density at radius 3 is 2.38 bits per heavy atom. The summed E-state index contributed by atoms with van der Waals surface area (Å²) in [5.74, 6) is 0. The number of hydrazine groups is 1. The minimum atomic E-state index is -4.53. The molecule has 3 N–H and O–H groups in total. The topological polar surface area (TPSA) is 90.4 Å². The van der Waals surface area contributed by atoms with Crippen molar-refractivity contribution in [2.45, 2.75) is 11.8 Å². The molecule has 0 unspecified atom stereocenters. The van der Waals surface area contributed by atoms with E-state index in [2.05, 4.69) is 0 Å². The van der Waals surface area contributed by atoms with E-state index in [4.69, 9.17) is 5.21 Å². The smallest absolute Gasteiger partial charge is 0.426 e. The van der Waals surface area contributed by atoms with Crippen LogP contribution >= 0.6 is 0 Å². The van der Waals surface area contributed by atoms with E-state index >= 15 is 0 Å². The predicted molar refractivity (Wildman–Crippen MR) is 48.1 cm³/mol. The van der Waals surface area contributed by atoms with Gasteiger partial charge in [-0.15, -0.1) is 0 Å². The molecule has 1 aromatic carbocycles. The highest BCUT2D eigenvalue weighted by Crippen LogP contribution is 2.42. The average Bonchev–Trinajstić information content (AvgIpc) is 2.97. The van der Waals surface area contributed by atoms with Gasteiger partial charge in [0.25, 0.3) is 0 Å². The van der Waals surface area contributed by atoms with Crippen molar-refractivity contribution in [2.24, 2.45) is 0 Å². The number of hydrogen-bond donors (Lipinski definition) is 3. The molecule has 0 bridgehead atoms. The number of rotatable bonds is 2. The first-order chi connectivity index (χ1) is 7.37. The molecule has 5 nitrogen and oxygen atoms in total. The van der Waals surface area contributed by atoms with Crippen molar-refractivity contribution >= 4 is 5.69 Å². The van der Waals surface area contributed by atoms with Gasteiger partial charge >= 0.3 is 6.18 Å².